The standard InChI is InChI=1S/C14H13F2NO/c1-9-4-2-3-5-11(9)10-6-7-13(12(17)8-10)18-14(15)16/h2-8,14H,17H2,1H3. The molecule has 0 amide bonds. The number of rotatable bonds is 3. The molecular formula is C14H13F2NO. The van der Waals surface area contributed by atoms with Crippen molar-refractivity contribution in [2.24, 2.45) is 0 Å². The van der Waals surface area contributed by atoms with Gasteiger partial charge in [-0.15, -0.1) is 0 Å². The second kappa shape index (κ2) is 5.04. The molecule has 0 atom stereocenters. The molecule has 0 aliphatic rings. The number of hydrogen-bond acceptors (Lipinski definition) is 2. The number of anilines is 1. The van der Waals surface area contributed by atoms with E-state index in [2.05, 4.69) is 4.74 Å². The summed E-state index contributed by atoms with van der Waals surface area (Å²) in [5.41, 5.74) is 8.90. The first-order valence-electron chi connectivity index (χ1n) is 5.48. The summed E-state index contributed by atoms with van der Waals surface area (Å²) in [4.78, 5) is 0. The summed E-state index contributed by atoms with van der Waals surface area (Å²) in [5, 5.41) is 0. The van der Waals surface area contributed by atoms with Crippen molar-refractivity contribution in [3.05, 3.63) is 48.0 Å². The molecule has 2 nitrogen and oxygen atoms in total. The molecule has 0 bridgehead atoms. The monoisotopic (exact) mass is 249 g/mol. The van der Waals surface area contributed by atoms with Crippen molar-refractivity contribution in [2.75, 3.05) is 5.73 Å². The van der Waals surface area contributed by atoms with Crippen molar-refractivity contribution in [1.29, 1.82) is 0 Å². The van der Waals surface area contributed by atoms with E-state index >= 15 is 0 Å². The molecule has 0 fully saturated rings. The van der Waals surface area contributed by atoms with E-state index in [1.807, 2.05) is 31.2 Å². The molecule has 0 saturated carbocycles. The molecule has 2 rings (SSSR count). The van der Waals surface area contributed by atoms with Crippen LogP contribution in [0.5, 0.6) is 5.75 Å². The van der Waals surface area contributed by atoms with E-state index in [0.29, 0.717) is 0 Å². The Kier molecular flexibility index (Phi) is 3.46. The summed E-state index contributed by atoms with van der Waals surface area (Å²) in [7, 11) is 0. The largest absolute Gasteiger partial charge is 0.433 e. The maximum Gasteiger partial charge on any atom is 0.387 e. The van der Waals surface area contributed by atoms with Gasteiger partial charge in [-0.05, 0) is 35.7 Å². The molecule has 0 spiro atoms. The van der Waals surface area contributed by atoms with Gasteiger partial charge in [0.15, 0.2) is 0 Å². The average molecular weight is 249 g/mol. The highest BCUT2D eigenvalue weighted by molar-refractivity contribution is 5.72. The fourth-order valence-electron chi connectivity index (χ4n) is 1.82. The number of benzene rings is 2. The first kappa shape index (κ1) is 12.4. The van der Waals surface area contributed by atoms with Crippen molar-refractivity contribution >= 4 is 5.69 Å². The van der Waals surface area contributed by atoms with E-state index in [-0.39, 0.29) is 11.4 Å². The summed E-state index contributed by atoms with van der Waals surface area (Å²) < 4.78 is 28.5. The van der Waals surface area contributed by atoms with Crippen molar-refractivity contribution in [2.45, 2.75) is 13.5 Å². The predicted molar refractivity (Wildman–Crippen MR) is 67.7 cm³/mol. The van der Waals surface area contributed by atoms with Crippen LogP contribution >= 0.6 is 0 Å². The van der Waals surface area contributed by atoms with Gasteiger partial charge >= 0.3 is 6.61 Å². The van der Waals surface area contributed by atoms with Crippen LogP contribution in [0.1, 0.15) is 5.56 Å². The van der Waals surface area contributed by atoms with Crippen molar-refractivity contribution in [3.63, 3.8) is 0 Å². The van der Waals surface area contributed by atoms with Gasteiger partial charge in [0.05, 0.1) is 5.69 Å². The fraction of sp³-hybridized carbons (Fsp3) is 0.143. The molecule has 4 heteroatoms. The predicted octanol–water partition coefficient (Wildman–Crippen LogP) is 3.85. The topological polar surface area (TPSA) is 35.2 Å². The van der Waals surface area contributed by atoms with E-state index in [1.54, 1.807) is 12.1 Å². The molecule has 0 radical (unpaired) electrons. The number of ether oxygens (including phenoxy) is 1. The molecular weight excluding hydrogens is 236 g/mol. The molecule has 18 heavy (non-hydrogen) atoms. The summed E-state index contributed by atoms with van der Waals surface area (Å²) in [6.07, 6.45) is 0. The van der Waals surface area contributed by atoms with Crippen LogP contribution in [0.3, 0.4) is 0 Å². The Balaban J connectivity index is 2.38. The minimum Gasteiger partial charge on any atom is -0.433 e. The molecule has 0 heterocycles. The van der Waals surface area contributed by atoms with Gasteiger partial charge in [-0.3, -0.25) is 0 Å². The van der Waals surface area contributed by atoms with Crippen molar-refractivity contribution in [3.8, 4) is 16.9 Å². The zero-order valence-corrected chi connectivity index (χ0v) is 9.86. The smallest absolute Gasteiger partial charge is 0.387 e. The number of hydrogen-bond donors (Lipinski definition) is 1. The minimum atomic E-state index is -2.86. The molecule has 0 unspecified atom stereocenters. The molecule has 0 aliphatic heterocycles. The van der Waals surface area contributed by atoms with Gasteiger partial charge in [0, 0.05) is 0 Å². The number of alkyl halides is 2. The molecule has 2 N–H and O–H groups in total. The first-order valence-corrected chi connectivity index (χ1v) is 5.48. The maximum absolute atomic E-state index is 12.1. The third-order valence-corrected chi connectivity index (χ3v) is 2.68. The highest BCUT2D eigenvalue weighted by atomic mass is 19.3. The number of nitrogen functional groups attached to an aromatic ring is 1. The SMILES string of the molecule is Cc1ccccc1-c1ccc(OC(F)F)c(N)c1. The summed E-state index contributed by atoms with van der Waals surface area (Å²) in [5.74, 6) is 0.00216. The van der Waals surface area contributed by atoms with Gasteiger partial charge in [0.2, 0.25) is 0 Å². The molecule has 0 aromatic heterocycles. The van der Waals surface area contributed by atoms with Crippen LogP contribution in [-0.4, -0.2) is 6.61 Å². The molecule has 0 saturated heterocycles. The molecule has 2 aromatic rings. The van der Waals surface area contributed by atoms with E-state index in [0.717, 1.165) is 16.7 Å². The lowest BCUT2D eigenvalue weighted by Gasteiger charge is -2.10. The normalized spacial score (nSPS) is 10.7. The van der Waals surface area contributed by atoms with Crippen molar-refractivity contribution in [1.82, 2.24) is 0 Å². The van der Waals surface area contributed by atoms with E-state index < -0.39 is 6.61 Å². The lowest BCUT2D eigenvalue weighted by Crippen LogP contribution is -2.04. The van der Waals surface area contributed by atoms with Gasteiger partial charge in [-0.25, -0.2) is 0 Å². The summed E-state index contributed by atoms with van der Waals surface area (Å²) in [6.45, 7) is -0.883. The highest BCUT2D eigenvalue weighted by Gasteiger charge is 2.09. The first-order chi connectivity index (χ1) is 8.58. The number of halogens is 2. The zero-order chi connectivity index (χ0) is 13.1. The van der Waals surface area contributed by atoms with Gasteiger partial charge in [-0.1, -0.05) is 30.3 Å². The van der Waals surface area contributed by atoms with E-state index in [9.17, 15) is 8.78 Å². The lowest BCUT2D eigenvalue weighted by atomic mass is 10.0. The second-order valence-corrected chi connectivity index (χ2v) is 3.95. The molecule has 94 valence electrons. The van der Waals surface area contributed by atoms with E-state index in [4.69, 9.17) is 5.73 Å². The Morgan fingerprint density at radius 3 is 2.44 bits per heavy atom. The Morgan fingerprint density at radius 1 is 1.11 bits per heavy atom. The van der Waals surface area contributed by atoms with Crippen LogP contribution in [0.2, 0.25) is 0 Å². The fourth-order valence-corrected chi connectivity index (χ4v) is 1.82. The number of aryl methyl sites for hydroxylation is 1. The van der Waals surface area contributed by atoms with Crippen LogP contribution in [0.4, 0.5) is 14.5 Å². The summed E-state index contributed by atoms with van der Waals surface area (Å²) >= 11 is 0. The van der Waals surface area contributed by atoms with Crippen molar-refractivity contribution < 1.29 is 13.5 Å². The Labute approximate surface area is 104 Å². The van der Waals surface area contributed by atoms with Crippen LogP contribution in [0.25, 0.3) is 11.1 Å². The van der Waals surface area contributed by atoms with Gasteiger partial charge < -0.3 is 10.5 Å². The Bertz CT molecular complexity index is 555. The number of nitrogens with two attached hydrogens (primary N) is 1. The van der Waals surface area contributed by atoms with E-state index in [1.165, 1.54) is 6.07 Å². The Hall–Kier alpha value is -2.10. The summed E-state index contributed by atoms with van der Waals surface area (Å²) in [6, 6.07) is 12.6. The van der Waals surface area contributed by atoms with Crippen LogP contribution < -0.4 is 10.5 Å². The maximum atomic E-state index is 12.1. The molecule has 2 aromatic carbocycles. The van der Waals surface area contributed by atoms with Crippen LogP contribution in [0.15, 0.2) is 42.5 Å². The van der Waals surface area contributed by atoms with Crippen LogP contribution in [-0.2, 0) is 0 Å². The third-order valence-electron chi connectivity index (χ3n) is 2.68. The highest BCUT2D eigenvalue weighted by Crippen LogP contribution is 2.30. The Morgan fingerprint density at radius 2 is 1.83 bits per heavy atom. The molecule has 0 aliphatic carbocycles. The van der Waals surface area contributed by atoms with Gasteiger partial charge in [-0.2, -0.15) is 8.78 Å². The quantitative estimate of drug-likeness (QED) is 0.838. The van der Waals surface area contributed by atoms with Gasteiger partial charge in [0.1, 0.15) is 5.75 Å². The second-order valence-electron chi connectivity index (χ2n) is 3.95. The van der Waals surface area contributed by atoms with Gasteiger partial charge in [0.25, 0.3) is 0 Å². The third kappa shape index (κ3) is 2.59. The minimum absolute atomic E-state index is 0.00216. The zero-order valence-electron chi connectivity index (χ0n) is 9.86. The van der Waals surface area contributed by atoms with Crippen LogP contribution in [0, 0.1) is 6.92 Å². The average Bonchev–Trinajstić information content (AvgIpc) is 2.32. The lowest BCUT2D eigenvalue weighted by molar-refractivity contribution is -0.0493.